The van der Waals surface area contributed by atoms with Crippen LogP contribution in [0.4, 0.5) is 0 Å². The van der Waals surface area contributed by atoms with Gasteiger partial charge in [0, 0.05) is 12.6 Å². The van der Waals surface area contributed by atoms with Gasteiger partial charge in [0.25, 0.3) is 0 Å². The third-order valence-electron chi connectivity index (χ3n) is 3.60. The van der Waals surface area contributed by atoms with Crippen LogP contribution in [0.1, 0.15) is 29.7 Å². The van der Waals surface area contributed by atoms with E-state index in [-0.39, 0.29) is 0 Å². The van der Waals surface area contributed by atoms with Crippen molar-refractivity contribution < 1.29 is 4.74 Å². The van der Waals surface area contributed by atoms with E-state index in [1.165, 1.54) is 16.7 Å². The fourth-order valence-electron chi connectivity index (χ4n) is 2.11. The fourth-order valence-corrected chi connectivity index (χ4v) is 2.11. The predicted octanol–water partition coefficient (Wildman–Crippen LogP) is 4.03. The summed E-state index contributed by atoms with van der Waals surface area (Å²) in [6.45, 7) is 8.00. The Hall–Kier alpha value is -1.80. The number of nitrogens with one attached hydrogen (secondary N) is 1. The van der Waals surface area contributed by atoms with Crippen LogP contribution in [0.15, 0.2) is 48.5 Å². The van der Waals surface area contributed by atoms with Crippen molar-refractivity contribution in [2.45, 2.75) is 26.8 Å². The molecule has 106 valence electrons. The molecule has 1 N–H and O–H groups in total. The molecule has 20 heavy (non-hydrogen) atoms. The Morgan fingerprint density at radius 3 is 2.45 bits per heavy atom. The number of para-hydroxylation sites is 1. The highest BCUT2D eigenvalue weighted by Crippen LogP contribution is 2.16. The predicted molar refractivity (Wildman–Crippen MR) is 84.3 cm³/mol. The first-order valence-electron chi connectivity index (χ1n) is 7.15. The summed E-state index contributed by atoms with van der Waals surface area (Å²) in [5, 5.41) is 3.49. The van der Waals surface area contributed by atoms with E-state index in [4.69, 9.17) is 4.74 Å². The lowest BCUT2D eigenvalue weighted by Gasteiger charge is -2.16. The van der Waals surface area contributed by atoms with Crippen molar-refractivity contribution in [2.75, 3.05) is 13.2 Å². The van der Waals surface area contributed by atoms with Crippen molar-refractivity contribution >= 4 is 0 Å². The molecule has 2 aromatic carbocycles. The molecule has 0 bridgehead atoms. The number of hydrogen-bond donors (Lipinski definition) is 1. The lowest BCUT2D eigenvalue weighted by atomic mass is 10.0. The first-order valence-corrected chi connectivity index (χ1v) is 7.15. The lowest BCUT2D eigenvalue weighted by Crippen LogP contribution is -2.24. The monoisotopic (exact) mass is 269 g/mol. The van der Waals surface area contributed by atoms with Gasteiger partial charge in [-0.2, -0.15) is 0 Å². The Morgan fingerprint density at radius 1 is 1.00 bits per heavy atom. The zero-order valence-electron chi connectivity index (χ0n) is 12.5. The molecule has 0 saturated carbocycles. The minimum absolute atomic E-state index is 0.341. The van der Waals surface area contributed by atoms with Gasteiger partial charge in [0.05, 0.1) is 0 Å². The molecule has 0 aliphatic rings. The standard InChI is InChI=1S/C18H23NO/c1-14-9-10-17(13-15(14)2)16(3)19-11-12-20-18-7-5-4-6-8-18/h4-10,13,16,19H,11-12H2,1-3H3. The molecule has 0 aliphatic heterocycles. The molecule has 2 nitrogen and oxygen atoms in total. The van der Waals surface area contributed by atoms with E-state index < -0.39 is 0 Å². The third kappa shape index (κ3) is 4.10. The Kier molecular flexibility index (Phi) is 5.19. The van der Waals surface area contributed by atoms with Gasteiger partial charge in [0.15, 0.2) is 0 Å². The molecule has 2 rings (SSSR count). The zero-order valence-corrected chi connectivity index (χ0v) is 12.5. The number of ether oxygens (including phenoxy) is 1. The topological polar surface area (TPSA) is 21.3 Å². The van der Waals surface area contributed by atoms with Crippen LogP contribution in [-0.4, -0.2) is 13.2 Å². The molecule has 1 unspecified atom stereocenters. The van der Waals surface area contributed by atoms with Crippen LogP contribution in [0.3, 0.4) is 0 Å². The van der Waals surface area contributed by atoms with Gasteiger partial charge >= 0.3 is 0 Å². The Labute approximate surface area is 121 Å². The van der Waals surface area contributed by atoms with Gasteiger partial charge in [0.2, 0.25) is 0 Å². The molecule has 0 heterocycles. The molecule has 0 aromatic heterocycles. The summed E-state index contributed by atoms with van der Waals surface area (Å²) in [4.78, 5) is 0. The van der Waals surface area contributed by atoms with Gasteiger partial charge in [0.1, 0.15) is 12.4 Å². The highest BCUT2D eigenvalue weighted by atomic mass is 16.5. The summed E-state index contributed by atoms with van der Waals surface area (Å²) in [7, 11) is 0. The first kappa shape index (κ1) is 14.6. The van der Waals surface area contributed by atoms with Crippen LogP contribution in [0, 0.1) is 13.8 Å². The van der Waals surface area contributed by atoms with Crippen LogP contribution in [-0.2, 0) is 0 Å². The maximum atomic E-state index is 5.67. The third-order valence-corrected chi connectivity index (χ3v) is 3.60. The molecule has 1 atom stereocenters. The Morgan fingerprint density at radius 2 is 1.75 bits per heavy atom. The van der Waals surface area contributed by atoms with E-state index in [1.807, 2.05) is 30.3 Å². The van der Waals surface area contributed by atoms with E-state index in [0.29, 0.717) is 12.6 Å². The van der Waals surface area contributed by atoms with Crippen molar-refractivity contribution in [1.82, 2.24) is 5.32 Å². The highest BCUT2D eigenvalue weighted by Gasteiger charge is 2.05. The second-order valence-corrected chi connectivity index (χ2v) is 5.18. The normalized spacial score (nSPS) is 12.2. The maximum Gasteiger partial charge on any atom is 0.119 e. The molecule has 0 saturated heterocycles. The summed E-state index contributed by atoms with van der Waals surface area (Å²) in [5.74, 6) is 0.924. The van der Waals surface area contributed by atoms with Crippen LogP contribution < -0.4 is 10.1 Å². The Balaban J connectivity index is 1.77. The van der Waals surface area contributed by atoms with Gasteiger partial charge in [-0.3, -0.25) is 0 Å². The summed E-state index contributed by atoms with van der Waals surface area (Å²) in [5.41, 5.74) is 4.01. The molecular weight excluding hydrogens is 246 g/mol. The molecule has 0 spiro atoms. The number of aryl methyl sites for hydroxylation is 2. The summed E-state index contributed by atoms with van der Waals surface area (Å²) in [6.07, 6.45) is 0. The van der Waals surface area contributed by atoms with Crippen molar-refractivity contribution in [3.05, 3.63) is 65.2 Å². The lowest BCUT2D eigenvalue weighted by molar-refractivity contribution is 0.307. The van der Waals surface area contributed by atoms with Gasteiger partial charge in [-0.15, -0.1) is 0 Å². The van der Waals surface area contributed by atoms with Crippen molar-refractivity contribution in [3.63, 3.8) is 0 Å². The van der Waals surface area contributed by atoms with E-state index in [9.17, 15) is 0 Å². The number of benzene rings is 2. The van der Waals surface area contributed by atoms with Gasteiger partial charge in [-0.05, 0) is 49.6 Å². The Bertz CT molecular complexity index is 536. The molecular formula is C18H23NO. The van der Waals surface area contributed by atoms with E-state index in [2.05, 4.69) is 44.3 Å². The van der Waals surface area contributed by atoms with E-state index in [1.54, 1.807) is 0 Å². The van der Waals surface area contributed by atoms with E-state index in [0.717, 1.165) is 12.3 Å². The molecule has 2 aromatic rings. The fraction of sp³-hybridized carbons (Fsp3) is 0.333. The summed E-state index contributed by atoms with van der Waals surface area (Å²) in [6, 6.07) is 16.9. The second kappa shape index (κ2) is 7.11. The van der Waals surface area contributed by atoms with Crippen molar-refractivity contribution in [3.8, 4) is 5.75 Å². The summed E-state index contributed by atoms with van der Waals surface area (Å²) >= 11 is 0. The van der Waals surface area contributed by atoms with Gasteiger partial charge in [-0.1, -0.05) is 36.4 Å². The largest absolute Gasteiger partial charge is 0.492 e. The smallest absolute Gasteiger partial charge is 0.119 e. The van der Waals surface area contributed by atoms with E-state index >= 15 is 0 Å². The second-order valence-electron chi connectivity index (χ2n) is 5.18. The quantitative estimate of drug-likeness (QED) is 0.799. The average Bonchev–Trinajstić information content (AvgIpc) is 2.47. The van der Waals surface area contributed by atoms with Gasteiger partial charge < -0.3 is 10.1 Å². The van der Waals surface area contributed by atoms with Gasteiger partial charge in [-0.25, -0.2) is 0 Å². The molecule has 0 amide bonds. The number of hydrogen-bond acceptors (Lipinski definition) is 2. The van der Waals surface area contributed by atoms with Crippen molar-refractivity contribution in [1.29, 1.82) is 0 Å². The molecule has 0 radical (unpaired) electrons. The molecule has 2 heteroatoms. The minimum atomic E-state index is 0.341. The van der Waals surface area contributed by atoms with Crippen LogP contribution in [0.25, 0.3) is 0 Å². The minimum Gasteiger partial charge on any atom is -0.492 e. The van der Waals surface area contributed by atoms with Crippen molar-refractivity contribution in [2.24, 2.45) is 0 Å². The first-order chi connectivity index (χ1) is 9.66. The molecule has 0 fully saturated rings. The van der Waals surface area contributed by atoms with Crippen LogP contribution in [0.2, 0.25) is 0 Å². The SMILES string of the molecule is Cc1ccc(C(C)NCCOc2ccccc2)cc1C. The number of rotatable bonds is 6. The zero-order chi connectivity index (χ0) is 14.4. The average molecular weight is 269 g/mol. The summed E-state index contributed by atoms with van der Waals surface area (Å²) < 4.78 is 5.67. The molecule has 0 aliphatic carbocycles. The van der Waals surface area contributed by atoms with Crippen LogP contribution in [0.5, 0.6) is 5.75 Å². The van der Waals surface area contributed by atoms with Crippen LogP contribution >= 0.6 is 0 Å². The highest BCUT2D eigenvalue weighted by molar-refractivity contribution is 5.31. The maximum absolute atomic E-state index is 5.67.